The maximum Gasteiger partial charge on any atom is 0.306 e. The normalized spacial score (nSPS) is 12.4. The van der Waals surface area contributed by atoms with E-state index < -0.39 is 11.9 Å². The molecule has 4 heteroatoms. The number of hydrogen-bond acceptors (Lipinski definition) is 2. The van der Waals surface area contributed by atoms with E-state index >= 15 is 0 Å². The van der Waals surface area contributed by atoms with Crippen LogP contribution in [-0.4, -0.2) is 11.1 Å². The smallest absolute Gasteiger partial charge is 0.306 e. The molecule has 0 radical (unpaired) electrons. The van der Waals surface area contributed by atoms with Crippen molar-refractivity contribution < 1.29 is 9.90 Å². The summed E-state index contributed by atoms with van der Waals surface area (Å²) in [5.41, 5.74) is 6.99. The molecule has 1 atom stereocenters. The lowest BCUT2D eigenvalue weighted by molar-refractivity contribution is -0.141. The molecule has 1 aromatic rings. The number of carboxylic acid groups (broad SMARTS) is 1. The van der Waals surface area contributed by atoms with Gasteiger partial charge in [0.05, 0.1) is 5.92 Å². The minimum atomic E-state index is -0.816. The predicted molar refractivity (Wildman–Crippen MR) is 56.4 cm³/mol. The van der Waals surface area contributed by atoms with E-state index in [4.69, 9.17) is 22.4 Å². The summed E-state index contributed by atoms with van der Waals surface area (Å²) in [7, 11) is 0. The average molecular weight is 214 g/mol. The largest absolute Gasteiger partial charge is 0.481 e. The first-order chi connectivity index (χ1) is 6.49. The second-order valence-corrected chi connectivity index (χ2v) is 3.77. The van der Waals surface area contributed by atoms with Crippen LogP contribution in [0.2, 0.25) is 5.02 Å². The van der Waals surface area contributed by atoms with E-state index in [0.29, 0.717) is 17.1 Å². The Morgan fingerprint density at radius 3 is 2.71 bits per heavy atom. The second-order valence-electron chi connectivity index (χ2n) is 3.34. The molecular weight excluding hydrogens is 202 g/mol. The van der Waals surface area contributed by atoms with Gasteiger partial charge in [-0.05, 0) is 30.2 Å². The minimum absolute atomic E-state index is 0.423. The van der Waals surface area contributed by atoms with Gasteiger partial charge in [-0.15, -0.1) is 0 Å². The lowest BCUT2D eigenvalue weighted by atomic mass is 10.0. The molecule has 0 aliphatic rings. The van der Waals surface area contributed by atoms with Crippen LogP contribution in [0, 0.1) is 5.92 Å². The third kappa shape index (κ3) is 2.92. The monoisotopic (exact) mass is 213 g/mol. The molecule has 0 aliphatic carbocycles. The molecule has 0 spiro atoms. The van der Waals surface area contributed by atoms with Crippen LogP contribution in [0.4, 0.5) is 5.69 Å². The van der Waals surface area contributed by atoms with Crippen LogP contribution in [0.25, 0.3) is 0 Å². The number of nitrogens with two attached hydrogens (primary N) is 1. The molecule has 0 amide bonds. The number of rotatable bonds is 3. The first-order valence-corrected chi connectivity index (χ1v) is 4.64. The van der Waals surface area contributed by atoms with Crippen molar-refractivity contribution in [2.45, 2.75) is 13.3 Å². The van der Waals surface area contributed by atoms with Crippen molar-refractivity contribution in [3.63, 3.8) is 0 Å². The molecule has 3 nitrogen and oxygen atoms in total. The van der Waals surface area contributed by atoms with Crippen LogP contribution in [-0.2, 0) is 11.2 Å². The molecule has 0 bridgehead atoms. The van der Waals surface area contributed by atoms with E-state index in [0.717, 1.165) is 5.56 Å². The van der Waals surface area contributed by atoms with Gasteiger partial charge in [0, 0.05) is 10.7 Å². The van der Waals surface area contributed by atoms with E-state index in [-0.39, 0.29) is 0 Å². The first kappa shape index (κ1) is 10.9. The summed E-state index contributed by atoms with van der Waals surface area (Å²) in [6.45, 7) is 1.65. The molecule has 14 heavy (non-hydrogen) atoms. The lowest BCUT2D eigenvalue weighted by Crippen LogP contribution is -2.12. The highest BCUT2D eigenvalue weighted by atomic mass is 35.5. The molecule has 0 aliphatic heterocycles. The highest BCUT2D eigenvalue weighted by Gasteiger charge is 2.11. The van der Waals surface area contributed by atoms with Crippen LogP contribution in [0.5, 0.6) is 0 Å². The number of benzene rings is 1. The van der Waals surface area contributed by atoms with Gasteiger partial charge in [-0.2, -0.15) is 0 Å². The topological polar surface area (TPSA) is 63.3 Å². The van der Waals surface area contributed by atoms with Gasteiger partial charge in [-0.1, -0.05) is 18.5 Å². The molecule has 0 heterocycles. The fourth-order valence-corrected chi connectivity index (χ4v) is 1.50. The zero-order chi connectivity index (χ0) is 10.7. The zero-order valence-corrected chi connectivity index (χ0v) is 8.58. The molecule has 1 aromatic carbocycles. The molecule has 0 aromatic heterocycles. The molecule has 1 rings (SSSR count). The number of carbonyl (C=O) groups is 1. The zero-order valence-electron chi connectivity index (χ0n) is 7.83. The van der Waals surface area contributed by atoms with Crippen molar-refractivity contribution in [3.05, 3.63) is 28.8 Å². The van der Waals surface area contributed by atoms with E-state index in [1.807, 2.05) is 0 Å². The summed E-state index contributed by atoms with van der Waals surface area (Å²) < 4.78 is 0. The highest BCUT2D eigenvalue weighted by Crippen LogP contribution is 2.19. The third-order valence-electron chi connectivity index (χ3n) is 1.94. The Morgan fingerprint density at radius 2 is 2.21 bits per heavy atom. The molecule has 3 N–H and O–H groups in total. The van der Waals surface area contributed by atoms with Crippen LogP contribution in [0.3, 0.4) is 0 Å². The maximum atomic E-state index is 10.6. The summed E-state index contributed by atoms with van der Waals surface area (Å²) in [5.74, 6) is -1.24. The third-order valence-corrected chi connectivity index (χ3v) is 2.16. The van der Waals surface area contributed by atoms with E-state index in [1.54, 1.807) is 25.1 Å². The molecule has 1 unspecified atom stereocenters. The first-order valence-electron chi connectivity index (χ1n) is 4.27. The lowest BCUT2D eigenvalue weighted by Gasteiger charge is -2.07. The van der Waals surface area contributed by atoms with Gasteiger partial charge in [0.15, 0.2) is 0 Å². The Morgan fingerprint density at radius 1 is 1.57 bits per heavy atom. The molecule has 0 saturated carbocycles. The Hall–Kier alpha value is -1.22. The van der Waals surface area contributed by atoms with Crippen LogP contribution in [0.15, 0.2) is 18.2 Å². The summed E-state index contributed by atoms with van der Waals surface area (Å²) in [6.07, 6.45) is 0.445. The Balaban J connectivity index is 2.81. The quantitative estimate of drug-likeness (QED) is 0.757. The van der Waals surface area contributed by atoms with Crippen molar-refractivity contribution in [1.82, 2.24) is 0 Å². The number of hydrogen-bond donors (Lipinski definition) is 2. The summed E-state index contributed by atoms with van der Waals surface area (Å²) in [5, 5.41) is 9.26. The number of aliphatic carboxylic acids is 1. The van der Waals surface area contributed by atoms with Gasteiger partial charge in [-0.3, -0.25) is 4.79 Å². The van der Waals surface area contributed by atoms with Gasteiger partial charge < -0.3 is 10.8 Å². The van der Waals surface area contributed by atoms with Crippen molar-refractivity contribution in [3.8, 4) is 0 Å². The summed E-state index contributed by atoms with van der Waals surface area (Å²) in [6, 6.07) is 5.11. The van der Waals surface area contributed by atoms with E-state index in [1.165, 1.54) is 0 Å². The fraction of sp³-hybridized carbons (Fsp3) is 0.300. The van der Waals surface area contributed by atoms with Crippen molar-refractivity contribution >= 4 is 23.3 Å². The molecule has 76 valence electrons. The molecule has 0 fully saturated rings. The standard InChI is InChI=1S/C10H12ClNO2/c1-6(10(13)14)2-7-3-8(11)5-9(12)4-7/h3-6H,2,12H2,1H3,(H,13,14). The Labute approximate surface area is 87.5 Å². The van der Waals surface area contributed by atoms with E-state index in [9.17, 15) is 4.79 Å². The van der Waals surface area contributed by atoms with Gasteiger partial charge in [0.2, 0.25) is 0 Å². The average Bonchev–Trinajstić information content (AvgIpc) is 2.01. The van der Waals surface area contributed by atoms with Crippen LogP contribution < -0.4 is 5.73 Å². The predicted octanol–water partition coefficient (Wildman–Crippen LogP) is 2.19. The Bertz CT molecular complexity index is 332. The van der Waals surface area contributed by atoms with E-state index in [2.05, 4.69) is 0 Å². The number of halogens is 1. The van der Waals surface area contributed by atoms with Crippen molar-refractivity contribution in [2.75, 3.05) is 5.73 Å². The van der Waals surface area contributed by atoms with Gasteiger partial charge in [0.1, 0.15) is 0 Å². The Kier molecular flexibility index (Phi) is 3.36. The van der Waals surface area contributed by atoms with Gasteiger partial charge in [-0.25, -0.2) is 0 Å². The van der Waals surface area contributed by atoms with Crippen LogP contribution >= 0.6 is 11.6 Å². The highest BCUT2D eigenvalue weighted by molar-refractivity contribution is 6.30. The number of anilines is 1. The number of carboxylic acids is 1. The fourth-order valence-electron chi connectivity index (χ4n) is 1.23. The van der Waals surface area contributed by atoms with Crippen LogP contribution in [0.1, 0.15) is 12.5 Å². The van der Waals surface area contributed by atoms with Crippen molar-refractivity contribution in [2.24, 2.45) is 5.92 Å². The number of nitrogen functional groups attached to an aromatic ring is 1. The van der Waals surface area contributed by atoms with Gasteiger partial charge >= 0.3 is 5.97 Å². The summed E-state index contributed by atoms with van der Waals surface area (Å²) in [4.78, 5) is 10.6. The molecular formula is C10H12ClNO2. The molecule has 0 saturated heterocycles. The second kappa shape index (κ2) is 4.33. The van der Waals surface area contributed by atoms with Gasteiger partial charge in [0.25, 0.3) is 0 Å². The maximum absolute atomic E-state index is 10.6. The minimum Gasteiger partial charge on any atom is -0.481 e. The SMILES string of the molecule is CC(Cc1cc(N)cc(Cl)c1)C(=O)O. The van der Waals surface area contributed by atoms with Crippen molar-refractivity contribution in [1.29, 1.82) is 0 Å². The summed E-state index contributed by atoms with van der Waals surface area (Å²) >= 11 is 5.79.